The predicted octanol–water partition coefficient (Wildman–Crippen LogP) is 1.11. The highest BCUT2D eigenvalue weighted by Gasteiger charge is 2.00. The third kappa shape index (κ3) is 0.695. The molecule has 1 N–H and O–H groups in total. The first-order chi connectivity index (χ1) is 4.47. The van der Waals surface area contributed by atoms with Crippen molar-refractivity contribution in [2.45, 2.75) is 0 Å². The van der Waals surface area contributed by atoms with Gasteiger partial charge < -0.3 is 0 Å². The molecule has 2 nitrogen and oxygen atoms in total. The van der Waals surface area contributed by atoms with Crippen LogP contribution in [0, 0.1) is 0 Å². The number of pyridine rings is 1. The van der Waals surface area contributed by atoms with E-state index in [9.17, 15) is 0 Å². The van der Waals surface area contributed by atoms with Gasteiger partial charge in [0.15, 0.2) is 0 Å². The molecule has 0 radical (unpaired) electrons. The van der Waals surface area contributed by atoms with Gasteiger partial charge in [-0.3, -0.25) is 0 Å². The molecule has 2 aromatic rings. The molecule has 0 bridgehead atoms. The number of rotatable bonds is 0. The van der Waals surface area contributed by atoms with Gasteiger partial charge in [0.05, 0.1) is 28.5 Å². The van der Waals surface area contributed by atoms with Gasteiger partial charge in [0.2, 0.25) is 0 Å². The molecular weight excluding hydrogens is 132 g/mol. The maximum Gasteiger partial charge on any atom is 0.343 e. The van der Waals surface area contributed by atoms with E-state index in [2.05, 4.69) is 9.36 Å². The average molecular weight is 137 g/mol. The van der Waals surface area contributed by atoms with E-state index in [1.54, 1.807) is 0 Å². The first kappa shape index (κ1) is 4.88. The van der Waals surface area contributed by atoms with Crippen molar-refractivity contribution in [3.8, 4) is 0 Å². The Balaban J connectivity index is 2.95. The van der Waals surface area contributed by atoms with Gasteiger partial charge in [0.25, 0.3) is 0 Å². The van der Waals surface area contributed by atoms with Gasteiger partial charge in [-0.05, 0) is 12.1 Å². The third-order valence-corrected chi connectivity index (χ3v) is 1.84. The molecule has 0 atom stereocenters. The molecule has 0 unspecified atom stereocenters. The number of hydrogen-bond donors (Lipinski definition) is 0. The normalized spacial score (nSPS) is 10.2. The van der Waals surface area contributed by atoms with Crippen molar-refractivity contribution in [2.75, 3.05) is 0 Å². The molecule has 44 valence electrons. The lowest BCUT2D eigenvalue weighted by Crippen LogP contribution is -1.99. The summed E-state index contributed by atoms with van der Waals surface area (Å²) < 4.78 is 4.10. The quantitative estimate of drug-likeness (QED) is 0.534. The monoisotopic (exact) mass is 137 g/mol. The van der Waals surface area contributed by atoms with Crippen LogP contribution in [0.5, 0.6) is 0 Å². The topological polar surface area (TPSA) is 27.0 Å². The summed E-state index contributed by atoms with van der Waals surface area (Å²) in [5, 5.41) is 3.20. The second-order valence-electron chi connectivity index (χ2n) is 1.79. The van der Waals surface area contributed by atoms with Crippen LogP contribution in [0.3, 0.4) is 0 Å². The second-order valence-corrected chi connectivity index (χ2v) is 2.42. The smallest absolute Gasteiger partial charge is 0.243 e. The molecule has 0 aliphatic rings. The molecule has 0 aliphatic heterocycles. The molecule has 0 amide bonds. The fourth-order valence-corrected chi connectivity index (χ4v) is 1.37. The van der Waals surface area contributed by atoms with E-state index in [1.807, 2.05) is 23.7 Å². The Morgan fingerprint density at radius 2 is 2.56 bits per heavy atom. The number of H-pyrrole nitrogens is 1. The Bertz CT molecular complexity index is 285. The summed E-state index contributed by atoms with van der Waals surface area (Å²) in [7, 11) is 0. The molecule has 2 aromatic heterocycles. The van der Waals surface area contributed by atoms with E-state index in [4.69, 9.17) is 0 Å². The summed E-state index contributed by atoms with van der Waals surface area (Å²) in [5.74, 6) is 0. The van der Waals surface area contributed by atoms with Crippen molar-refractivity contribution in [1.29, 1.82) is 0 Å². The van der Waals surface area contributed by atoms with E-state index >= 15 is 0 Å². The summed E-state index contributed by atoms with van der Waals surface area (Å²) >= 11 is 1.47. The van der Waals surface area contributed by atoms with Crippen LogP contribution in [-0.4, -0.2) is 4.37 Å². The van der Waals surface area contributed by atoms with Gasteiger partial charge in [0, 0.05) is 4.37 Å². The minimum atomic E-state index is 0.975. The summed E-state index contributed by atoms with van der Waals surface area (Å²) in [4.78, 5) is 3.03. The summed E-state index contributed by atoms with van der Waals surface area (Å²) in [5.41, 5.74) is 0.975. The SMILES string of the molecule is c1c[nH+]c2nscc2c1. The molecule has 0 fully saturated rings. The van der Waals surface area contributed by atoms with E-state index < -0.39 is 0 Å². The number of nitrogens with one attached hydrogen (secondary N) is 1. The number of aromatic amines is 1. The summed E-state index contributed by atoms with van der Waals surface area (Å²) in [6, 6.07) is 4.01. The Morgan fingerprint density at radius 3 is 3.44 bits per heavy atom. The van der Waals surface area contributed by atoms with Crippen LogP contribution in [0.15, 0.2) is 23.7 Å². The molecular formula is C6H5N2S+. The minimum absolute atomic E-state index is 0.975. The van der Waals surface area contributed by atoms with E-state index in [0.717, 1.165) is 5.65 Å². The highest BCUT2D eigenvalue weighted by molar-refractivity contribution is 7.04. The van der Waals surface area contributed by atoms with Crippen molar-refractivity contribution in [1.82, 2.24) is 4.37 Å². The average Bonchev–Trinajstić information content (AvgIpc) is 2.33. The van der Waals surface area contributed by atoms with E-state index in [-0.39, 0.29) is 0 Å². The molecule has 0 spiro atoms. The fraction of sp³-hybridized carbons (Fsp3) is 0. The Hall–Kier alpha value is -0.960. The standard InChI is InChI=1S/C6H4N2S/c1-2-5-4-9-8-6(5)7-3-1/h1-4H/p+1. The van der Waals surface area contributed by atoms with Crippen molar-refractivity contribution >= 4 is 22.6 Å². The summed E-state index contributed by atoms with van der Waals surface area (Å²) in [6.45, 7) is 0. The first-order valence-corrected chi connectivity index (χ1v) is 3.51. The predicted molar refractivity (Wildman–Crippen MR) is 36.2 cm³/mol. The van der Waals surface area contributed by atoms with E-state index in [1.165, 1.54) is 16.9 Å². The fourth-order valence-electron chi connectivity index (χ4n) is 0.751. The van der Waals surface area contributed by atoms with Gasteiger partial charge in [-0.2, -0.15) is 0 Å². The van der Waals surface area contributed by atoms with Crippen LogP contribution in [0.1, 0.15) is 0 Å². The van der Waals surface area contributed by atoms with Crippen LogP contribution in [0.2, 0.25) is 0 Å². The highest BCUT2D eigenvalue weighted by atomic mass is 32.1. The largest absolute Gasteiger partial charge is 0.343 e. The maximum absolute atomic E-state index is 4.10. The zero-order valence-electron chi connectivity index (χ0n) is 4.66. The molecule has 3 heteroatoms. The highest BCUT2D eigenvalue weighted by Crippen LogP contribution is 2.07. The lowest BCUT2D eigenvalue weighted by molar-refractivity contribution is -0.347. The van der Waals surface area contributed by atoms with Crippen LogP contribution in [-0.2, 0) is 0 Å². The molecule has 2 heterocycles. The van der Waals surface area contributed by atoms with Crippen molar-refractivity contribution in [2.24, 2.45) is 0 Å². The van der Waals surface area contributed by atoms with Crippen LogP contribution in [0.25, 0.3) is 11.0 Å². The lowest BCUT2D eigenvalue weighted by Gasteiger charge is -1.73. The van der Waals surface area contributed by atoms with Gasteiger partial charge in [-0.1, -0.05) is 0 Å². The maximum atomic E-state index is 4.10. The second kappa shape index (κ2) is 1.77. The molecule has 9 heavy (non-hydrogen) atoms. The lowest BCUT2D eigenvalue weighted by atomic mass is 10.4. The summed E-state index contributed by atoms with van der Waals surface area (Å²) in [6.07, 6.45) is 1.88. The van der Waals surface area contributed by atoms with Gasteiger partial charge in [0.1, 0.15) is 0 Å². The van der Waals surface area contributed by atoms with Crippen LogP contribution in [0.4, 0.5) is 0 Å². The first-order valence-electron chi connectivity index (χ1n) is 2.67. The van der Waals surface area contributed by atoms with E-state index in [0.29, 0.717) is 0 Å². The van der Waals surface area contributed by atoms with Gasteiger partial charge >= 0.3 is 5.65 Å². The Morgan fingerprint density at radius 1 is 1.56 bits per heavy atom. The molecule has 0 aliphatic carbocycles. The van der Waals surface area contributed by atoms with Crippen LogP contribution < -0.4 is 4.98 Å². The third-order valence-electron chi connectivity index (χ3n) is 1.19. The Labute approximate surface area is 56.3 Å². The van der Waals surface area contributed by atoms with Crippen molar-refractivity contribution < 1.29 is 4.98 Å². The van der Waals surface area contributed by atoms with Gasteiger partial charge in [-0.25, -0.2) is 4.98 Å². The minimum Gasteiger partial charge on any atom is -0.243 e. The number of hydrogen-bond acceptors (Lipinski definition) is 2. The molecule has 2 rings (SSSR count). The molecule has 0 saturated heterocycles. The zero-order valence-corrected chi connectivity index (χ0v) is 5.48. The van der Waals surface area contributed by atoms with Crippen molar-refractivity contribution in [3.63, 3.8) is 0 Å². The van der Waals surface area contributed by atoms with Gasteiger partial charge in [-0.15, -0.1) is 0 Å². The zero-order chi connectivity index (χ0) is 6.10. The molecule has 0 aromatic carbocycles. The Kier molecular flexibility index (Phi) is 0.960. The number of nitrogens with zero attached hydrogens (tertiary/aromatic N) is 1. The van der Waals surface area contributed by atoms with Crippen LogP contribution >= 0.6 is 11.5 Å². The van der Waals surface area contributed by atoms with Crippen molar-refractivity contribution in [3.05, 3.63) is 23.7 Å². The number of fused-ring (bicyclic) bond motifs is 1. The number of aromatic nitrogens is 2. The molecule has 0 saturated carbocycles.